The van der Waals surface area contributed by atoms with Gasteiger partial charge in [-0.25, -0.2) is 8.42 Å². The van der Waals surface area contributed by atoms with Crippen LogP contribution in [0.3, 0.4) is 0 Å². The Balaban J connectivity index is 1.91. The van der Waals surface area contributed by atoms with Gasteiger partial charge in [0.05, 0.1) is 30.3 Å². The quantitative estimate of drug-likeness (QED) is 0.422. The molecule has 0 atom stereocenters. The van der Waals surface area contributed by atoms with Crippen LogP contribution in [0.25, 0.3) is 0 Å². The summed E-state index contributed by atoms with van der Waals surface area (Å²) in [6, 6.07) is 9.45. The summed E-state index contributed by atoms with van der Waals surface area (Å²) in [5.74, 6) is -0.787. The van der Waals surface area contributed by atoms with E-state index in [9.17, 15) is 18.2 Å². The lowest BCUT2D eigenvalue weighted by atomic mass is 9.79. The van der Waals surface area contributed by atoms with E-state index in [1.807, 2.05) is 0 Å². The number of nitrogen functional groups attached to an aromatic ring is 1. The predicted molar refractivity (Wildman–Crippen MR) is 101 cm³/mol. The van der Waals surface area contributed by atoms with Gasteiger partial charge in [0.2, 0.25) is 0 Å². The molecule has 9 heteroatoms. The van der Waals surface area contributed by atoms with Gasteiger partial charge in [-0.1, -0.05) is 18.2 Å². The number of fused-ring (bicyclic) bond motifs is 1. The first-order chi connectivity index (χ1) is 12.8. The van der Waals surface area contributed by atoms with E-state index in [2.05, 4.69) is 0 Å². The first-order valence-electron chi connectivity index (χ1n) is 8.48. The minimum Gasteiger partial charge on any atom is -0.466 e. The molecule has 0 aromatic heterocycles. The van der Waals surface area contributed by atoms with Crippen molar-refractivity contribution in [2.75, 3.05) is 12.3 Å². The topological polar surface area (TPSA) is 116 Å². The number of ether oxygens (including phenoxy) is 1. The van der Waals surface area contributed by atoms with E-state index >= 15 is 0 Å². The van der Waals surface area contributed by atoms with Gasteiger partial charge in [-0.3, -0.25) is 4.79 Å². The molecular weight excluding hydrogens is 369 g/mol. The summed E-state index contributed by atoms with van der Waals surface area (Å²) in [6.07, 6.45) is -0.176. The van der Waals surface area contributed by atoms with E-state index < -0.39 is 22.9 Å². The normalized spacial score (nSPS) is 13.5. The highest BCUT2D eigenvalue weighted by Crippen LogP contribution is 2.24. The van der Waals surface area contributed by atoms with E-state index in [0.717, 1.165) is 5.56 Å². The fourth-order valence-corrected chi connectivity index (χ4v) is 4.64. The Kier molecular flexibility index (Phi) is 5.55. The molecule has 0 saturated heterocycles. The molecule has 3 N–H and O–H groups in total. The number of hydrogen-bond donors (Lipinski definition) is 2. The third kappa shape index (κ3) is 4.32. The van der Waals surface area contributed by atoms with Crippen molar-refractivity contribution in [2.45, 2.75) is 30.6 Å². The maximum atomic E-state index is 13.0. The van der Waals surface area contributed by atoms with Crippen molar-refractivity contribution >= 4 is 34.1 Å². The van der Waals surface area contributed by atoms with Crippen molar-refractivity contribution in [1.82, 2.24) is 0 Å². The summed E-state index contributed by atoms with van der Waals surface area (Å²) in [5, 5.41) is 9.81. The predicted octanol–water partition coefficient (Wildman–Crippen LogP) is 0.566. The number of hydrogen-bond acceptors (Lipinski definition) is 7. The zero-order valence-corrected chi connectivity index (χ0v) is 15.7. The average Bonchev–Trinajstić information content (AvgIpc) is 2.95. The van der Waals surface area contributed by atoms with Crippen molar-refractivity contribution in [3.8, 4) is 0 Å². The fourth-order valence-electron chi connectivity index (χ4n) is 3.06. The molecule has 1 heterocycles. The summed E-state index contributed by atoms with van der Waals surface area (Å²) in [7, 11) is -4.78. The molecule has 7 nitrogen and oxygen atoms in total. The first kappa shape index (κ1) is 19.4. The smallest absolute Gasteiger partial charge is 0.466 e. The fraction of sp³-hybridized carbons (Fsp3) is 0.278. The SMILES string of the molecule is CCOC(=O)Cc1cc(N)ccc1S(=O)(=O)Cc1ccc2c(c1)B(O)OC2. The second kappa shape index (κ2) is 7.71. The maximum Gasteiger partial charge on any atom is 0.491 e. The van der Waals surface area contributed by atoms with Crippen LogP contribution in [-0.4, -0.2) is 33.1 Å². The lowest BCUT2D eigenvalue weighted by Crippen LogP contribution is -2.28. The molecule has 0 aliphatic carbocycles. The largest absolute Gasteiger partial charge is 0.491 e. The van der Waals surface area contributed by atoms with Crippen LogP contribution in [0.1, 0.15) is 23.6 Å². The van der Waals surface area contributed by atoms with Crippen LogP contribution < -0.4 is 11.2 Å². The van der Waals surface area contributed by atoms with E-state index in [0.29, 0.717) is 28.9 Å². The molecule has 0 bridgehead atoms. The highest BCUT2D eigenvalue weighted by Gasteiger charge is 2.28. The molecule has 0 spiro atoms. The molecule has 0 saturated carbocycles. The van der Waals surface area contributed by atoms with Crippen molar-refractivity contribution in [3.63, 3.8) is 0 Å². The number of esters is 1. The second-order valence-corrected chi connectivity index (χ2v) is 8.26. The molecule has 142 valence electrons. The van der Waals surface area contributed by atoms with Gasteiger partial charge in [-0.05, 0) is 47.3 Å². The molecule has 3 rings (SSSR count). The van der Waals surface area contributed by atoms with Crippen molar-refractivity contribution in [2.24, 2.45) is 0 Å². The molecule has 0 fully saturated rings. The summed E-state index contributed by atoms with van der Waals surface area (Å²) in [6.45, 7) is 2.19. The van der Waals surface area contributed by atoms with Crippen LogP contribution in [-0.2, 0) is 42.8 Å². The number of anilines is 1. The maximum absolute atomic E-state index is 13.0. The Morgan fingerprint density at radius 3 is 2.81 bits per heavy atom. The van der Waals surface area contributed by atoms with Crippen LogP contribution in [0.5, 0.6) is 0 Å². The Labute approximate surface area is 158 Å². The van der Waals surface area contributed by atoms with Crippen LogP contribution in [0.4, 0.5) is 5.69 Å². The minimum atomic E-state index is -3.74. The van der Waals surface area contributed by atoms with E-state index in [1.165, 1.54) is 18.2 Å². The summed E-state index contributed by atoms with van der Waals surface area (Å²) < 4.78 is 36.0. The molecular formula is C18H20BNO6S. The van der Waals surface area contributed by atoms with Gasteiger partial charge >= 0.3 is 13.1 Å². The van der Waals surface area contributed by atoms with Crippen LogP contribution in [0, 0.1) is 0 Å². The molecule has 0 radical (unpaired) electrons. The monoisotopic (exact) mass is 389 g/mol. The Hall–Kier alpha value is -2.36. The number of carbonyl (C=O) groups excluding carboxylic acids is 1. The van der Waals surface area contributed by atoms with E-state index in [4.69, 9.17) is 15.1 Å². The van der Waals surface area contributed by atoms with Gasteiger partial charge < -0.3 is 20.1 Å². The third-order valence-corrected chi connectivity index (χ3v) is 6.07. The number of benzene rings is 2. The summed E-state index contributed by atoms with van der Waals surface area (Å²) in [4.78, 5) is 11.9. The highest BCUT2D eigenvalue weighted by molar-refractivity contribution is 7.90. The zero-order valence-electron chi connectivity index (χ0n) is 14.8. The van der Waals surface area contributed by atoms with Crippen LogP contribution >= 0.6 is 0 Å². The van der Waals surface area contributed by atoms with Crippen molar-refractivity contribution < 1.29 is 27.6 Å². The Morgan fingerprint density at radius 2 is 2.07 bits per heavy atom. The molecule has 0 amide bonds. The lowest BCUT2D eigenvalue weighted by molar-refractivity contribution is -0.142. The van der Waals surface area contributed by atoms with Crippen LogP contribution in [0.2, 0.25) is 0 Å². The summed E-state index contributed by atoms with van der Waals surface area (Å²) >= 11 is 0. The highest BCUT2D eigenvalue weighted by atomic mass is 32.2. The van der Waals surface area contributed by atoms with Gasteiger partial charge in [0.15, 0.2) is 9.84 Å². The van der Waals surface area contributed by atoms with E-state index in [1.54, 1.807) is 25.1 Å². The number of sulfone groups is 1. The molecule has 2 aromatic rings. The van der Waals surface area contributed by atoms with Crippen LogP contribution in [0.15, 0.2) is 41.3 Å². The standard InChI is InChI=1S/C18H20BNO6S/c1-2-25-18(21)9-14-8-15(20)5-6-17(14)27(23,24)11-12-3-4-13-10-26-19(22)16(13)7-12/h3-8,22H,2,9-11,20H2,1H3. The van der Waals surface area contributed by atoms with Gasteiger partial charge in [0.25, 0.3) is 0 Å². The molecule has 27 heavy (non-hydrogen) atoms. The number of rotatable bonds is 6. The Morgan fingerprint density at radius 1 is 1.30 bits per heavy atom. The number of nitrogens with two attached hydrogens (primary N) is 1. The van der Waals surface area contributed by atoms with E-state index in [-0.39, 0.29) is 23.7 Å². The van der Waals surface area contributed by atoms with Crippen molar-refractivity contribution in [3.05, 3.63) is 53.1 Å². The molecule has 0 unspecified atom stereocenters. The molecule has 2 aromatic carbocycles. The minimum absolute atomic E-state index is 0.0436. The molecule has 1 aliphatic rings. The van der Waals surface area contributed by atoms with Gasteiger partial charge in [-0.15, -0.1) is 0 Å². The Bertz CT molecular complexity index is 976. The molecule has 1 aliphatic heterocycles. The second-order valence-electron chi connectivity index (χ2n) is 6.30. The summed E-state index contributed by atoms with van der Waals surface area (Å²) in [5.41, 5.74) is 8.36. The number of carbonyl (C=O) groups is 1. The zero-order chi connectivity index (χ0) is 19.6. The first-order valence-corrected chi connectivity index (χ1v) is 10.1. The third-order valence-electron chi connectivity index (χ3n) is 4.29. The van der Waals surface area contributed by atoms with Gasteiger partial charge in [0.1, 0.15) is 0 Å². The van der Waals surface area contributed by atoms with Crippen molar-refractivity contribution in [1.29, 1.82) is 0 Å². The average molecular weight is 389 g/mol. The van der Waals surface area contributed by atoms with Gasteiger partial charge in [0, 0.05) is 5.69 Å². The lowest BCUT2D eigenvalue weighted by Gasteiger charge is -2.12. The van der Waals surface area contributed by atoms with Gasteiger partial charge in [-0.2, -0.15) is 0 Å².